The molecule has 1 aliphatic rings. The van der Waals surface area contributed by atoms with Crippen LogP contribution in [0.5, 0.6) is 11.5 Å². The van der Waals surface area contributed by atoms with Crippen LogP contribution in [0.25, 0.3) is 6.08 Å². The van der Waals surface area contributed by atoms with Gasteiger partial charge in [-0.05, 0) is 54.3 Å². The first-order chi connectivity index (χ1) is 13.9. The average molecular weight is 407 g/mol. The summed E-state index contributed by atoms with van der Waals surface area (Å²) in [6.45, 7) is 1.71. The number of hydrogen-bond acceptors (Lipinski definition) is 7. The summed E-state index contributed by atoms with van der Waals surface area (Å²) in [6.07, 6.45) is 1.52. The predicted octanol–water partition coefficient (Wildman–Crippen LogP) is 4.80. The van der Waals surface area contributed by atoms with Gasteiger partial charge in [0, 0.05) is 17.7 Å². The monoisotopic (exact) mass is 407 g/mol. The Morgan fingerprint density at radius 2 is 1.93 bits per heavy atom. The minimum Gasteiger partial charge on any atom is -0.452 e. The van der Waals surface area contributed by atoms with Crippen molar-refractivity contribution >= 4 is 34.9 Å². The van der Waals surface area contributed by atoms with E-state index in [1.54, 1.807) is 36.6 Å². The minimum absolute atomic E-state index is 0.0397. The molecule has 2 aromatic carbocycles. The molecule has 0 N–H and O–H groups in total. The molecule has 1 aliphatic heterocycles. The summed E-state index contributed by atoms with van der Waals surface area (Å²) in [6, 6.07) is 12.3. The van der Waals surface area contributed by atoms with Gasteiger partial charge in [0.05, 0.1) is 10.5 Å². The molecule has 0 radical (unpaired) electrons. The summed E-state index contributed by atoms with van der Waals surface area (Å²) >= 11 is 1.28. The number of nitrogens with zero attached hydrogens (tertiary/aromatic N) is 1. The van der Waals surface area contributed by atoms with E-state index >= 15 is 0 Å². The van der Waals surface area contributed by atoms with Crippen LogP contribution in [0.3, 0.4) is 0 Å². The molecule has 1 aromatic heterocycles. The Labute approximate surface area is 169 Å². The lowest BCUT2D eigenvalue weighted by molar-refractivity contribution is -0.384. The molecule has 8 heteroatoms. The van der Waals surface area contributed by atoms with Gasteiger partial charge in [-0.2, -0.15) is 0 Å². The third kappa shape index (κ3) is 3.53. The fourth-order valence-corrected chi connectivity index (χ4v) is 3.47. The molecular formula is C21H13NO6S. The second kappa shape index (κ2) is 7.33. The first kappa shape index (κ1) is 18.6. The molecule has 0 bridgehead atoms. The van der Waals surface area contributed by atoms with Crippen molar-refractivity contribution in [1.29, 1.82) is 0 Å². The van der Waals surface area contributed by atoms with Gasteiger partial charge in [-0.15, -0.1) is 11.3 Å². The molecule has 0 spiro atoms. The Morgan fingerprint density at radius 1 is 1.17 bits per heavy atom. The molecule has 144 valence electrons. The van der Waals surface area contributed by atoms with Crippen LogP contribution in [0.2, 0.25) is 0 Å². The van der Waals surface area contributed by atoms with E-state index in [2.05, 4.69) is 0 Å². The second-order valence-electron chi connectivity index (χ2n) is 6.22. The number of fused-ring (bicyclic) bond motifs is 1. The van der Waals surface area contributed by atoms with Crippen LogP contribution in [0.15, 0.2) is 59.7 Å². The van der Waals surface area contributed by atoms with Crippen molar-refractivity contribution in [1.82, 2.24) is 0 Å². The normalized spacial score (nSPS) is 13.8. The molecule has 0 saturated carbocycles. The highest BCUT2D eigenvalue weighted by molar-refractivity contribution is 7.12. The van der Waals surface area contributed by atoms with E-state index in [-0.39, 0.29) is 17.2 Å². The highest BCUT2D eigenvalue weighted by atomic mass is 32.1. The second-order valence-corrected chi connectivity index (χ2v) is 7.17. The van der Waals surface area contributed by atoms with Gasteiger partial charge in [-0.1, -0.05) is 6.07 Å². The number of benzene rings is 2. The van der Waals surface area contributed by atoms with Gasteiger partial charge in [-0.3, -0.25) is 14.9 Å². The number of non-ortho nitro benzene ring substituents is 1. The van der Waals surface area contributed by atoms with Crippen molar-refractivity contribution in [3.63, 3.8) is 0 Å². The number of Topliss-reactive ketones (excluding diaryl/α,β-unsaturated/α-hetero) is 1. The summed E-state index contributed by atoms with van der Waals surface area (Å²) < 4.78 is 11.2. The molecule has 0 saturated heterocycles. The number of nitro groups is 1. The van der Waals surface area contributed by atoms with Gasteiger partial charge in [0.15, 0.2) is 5.76 Å². The molecule has 0 atom stereocenters. The number of ketones is 1. The molecule has 0 fully saturated rings. The summed E-state index contributed by atoms with van der Waals surface area (Å²) in [7, 11) is 0. The average Bonchev–Trinajstić information content (AvgIpc) is 3.34. The Balaban J connectivity index is 1.60. The number of nitro benzene ring substituents is 1. The zero-order valence-corrected chi connectivity index (χ0v) is 15.9. The van der Waals surface area contributed by atoms with Crippen LogP contribution in [0, 0.1) is 17.0 Å². The van der Waals surface area contributed by atoms with Gasteiger partial charge in [0.2, 0.25) is 5.78 Å². The fourth-order valence-electron chi connectivity index (χ4n) is 2.87. The molecule has 4 rings (SSSR count). The molecule has 0 unspecified atom stereocenters. The lowest BCUT2D eigenvalue weighted by Crippen LogP contribution is -2.07. The van der Waals surface area contributed by atoms with E-state index < -0.39 is 10.9 Å². The van der Waals surface area contributed by atoms with Crippen molar-refractivity contribution in [2.75, 3.05) is 0 Å². The topological polar surface area (TPSA) is 95.7 Å². The molecule has 29 heavy (non-hydrogen) atoms. The van der Waals surface area contributed by atoms with Crippen molar-refractivity contribution in [3.05, 3.63) is 91.4 Å². The number of hydrogen-bond donors (Lipinski definition) is 0. The summed E-state index contributed by atoms with van der Waals surface area (Å²) in [5.74, 6) is -0.0449. The fraction of sp³-hybridized carbons (Fsp3) is 0.0476. The molecule has 2 heterocycles. The van der Waals surface area contributed by atoms with Crippen molar-refractivity contribution in [3.8, 4) is 11.5 Å². The van der Waals surface area contributed by atoms with E-state index in [4.69, 9.17) is 9.47 Å². The Morgan fingerprint density at radius 3 is 2.59 bits per heavy atom. The molecule has 3 aromatic rings. The van der Waals surface area contributed by atoms with E-state index in [0.29, 0.717) is 33.1 Å². The van der Waals surface area contributed by atoms with Crippen LogP contribution >= 0.6 is 11.3 Å². The molecular weight excluding hydrogens is 394 g/mol. The van der Waals surface area contributed by atoms with E-state index in [1.165, 1.54) is 41.7 Å². The van der Waals surface area contributed by atoms with Gasteiger partial charge in [0.25, 0.3) is 5.69 Å². The van der Waals surface area contributed by atoms with Gasteiger partial charge in [0.1, 0.15) is 16.4 Å². The first-order valence-corrected chi connectivity index (χ1v) is 9.40. The van der Waals surface area contributed by atoms with Crippen LogP contribution in [-0.4, -0.2) is 16.7 Å². The number of allylic oxidation sites excluding steroid dienone is 1. The Kier molecular flexibility index (Phi) is 4.69. The SMILES string of the molecule is Cc1c(OC(=O)c2cccs2)ccc2c1O/C(=C\c1ccc([N+](=O)[O-])cc1)C2=O. The molecule has 0 aliphatic carbocycles. The number of rotatable bonds is 4. The van der Waals surface area contributed by atoms with Crippen LogP contribution in [-0.2, 0) is 0 Å². The van der Waals surface area contributed by atoms with Crippen LogP contribution in [0.1, 0.15) is 31.2 Å². The maximum absolute atomic E-state index is 12.6. The third-order valence-corrected chi connectivity index (χ3v) is 5.21. The number of carbonyl (C=O) groups excluding carboxylic acids is 2. The zero-order valence-electron chi connectivity index (χ0n) is 15.1. The summed E-state index contributed by atoms with van der Waals surface area (Å²) in [4.78, 5) is 35.6. The smallest absolute Gasteiger partial charge is 0.353 e. The van der Waals surface area contributed by atoms with Crippen LogP contribution in [0.4, 0.5) is 5.69 Å². The van der Waals surface area contributed by atoms with Crippen molar-refractivity contribution in [2.45, 2.75) is 6.92 Å². The highest BCUT2D eigenvalue weighted by Gasteiger charge is 2.30. The Hall–Kier alpha value is -3.78. The summed E-state index contributed by atoms with van der Waals surface area (Å²) in [5, 5.41) is 12.5. The van der Waals surface area contributed by atoms with Crippen LogP contribution < -0.4 is 9.47 Å². The maximum atomic E-state index is 12.6. The third-order valence-electron chi connectivity index (χ3n) is 4.36. The van der Waals surface area contributed by atoms with E-state index in [1.807, 2.05) is 0 Å². The van der Waals surface area contributed by atoms with Gasteiger partial charge >= 0.3 is 5.97 Å². The van der Waals surface area contributed by atoms with Gasteiger partial charge in [-0.25, -0.2) is 4.79 Å². The lowest BCUT2D eigenvalue weighted by Gasteiger charge is -2.09. The first-order valence-electron chi connectivity index (χ1n) is 8.52. The zero-order chi connectivity index (χ0) is 20.5. The maximum Gasteiger partial charge on any atom is 0.353 e. The highest BCUT2D eigenvalue weighted by Crippen LogP contribution is 2.39. The quantitative estimate of drug-likeness (QED) is 0.203. The largest absolute Gasteiger partial charge is 0.452 e. The number of thiophene rings is 1. The van der Waals surface area contributed by atoms with Gasteiger partial charge < -0.3 is 9.47 Å². The summed E-state index contributed by atoms with van der Waals surface area (Å²) in [5.41, 5.74) is 1.45. The van der Waals surface area contributed by atoms with Crippen molar-refractivity contribution < 1.29 is 24.0 Å². The van der Waals surface area contributed by atoms with E-state index in [9.17, 15) is 19.7 Å². The standard InChI is InChI=1S/C21H13NO6S/c1-12-16(28-21(24)18-3-2-10-29-18)9-8-15-19(23)17(27-20(12)15)11-13-4-6-14(7-5-13)22(25)26/h2-11H,1H3/b17-11-. The van der Waals surface area contributed by atoms with E-state index in [0.717, 1.165) is 0 Å². The van der Waals surface area contributed by atoms with Crippen molar-refractivity contribution in [2.24, 2.45) is 0 Å². The molecule has 0 amide bonds. The number of ether oxygens (including phenoxy) is 2. The predicted molar refractivity (Wildman–Crippen MR) is 106 cm³/mol. The number of esters is 1. The molecule has 7 nitrogen and oxygen atoms in total. The minimum atomic E-state index is -0.494. The Bertz CT molecular complexity index is 1160. The lowest BCUT2D eigenvalue weighted by atomic mass is 10.1. The number of carbonyl (C=O) groups is 2.